The molecule has 1 aliphatic heterocycles. The molecule has 2 fully saturated rings. The SMILES string of the molecule is C[C@@H](NC1CCCC1)C1=NC(C(F)(F)F)Cc2c(-c3cccc([C@H](c4nncn4C)C4CCC4)c3)n[nH]c21. The average molecular weight is 526 g/mol. The number of hydrogen-bond donors (Lipinski definition) is 2. The largest absolute Gasteiger partial charge is 0.411 e. The number of aryl methyl sites for hydroxylation is 1. The zero-order valence-electron chi connectivity index (χ0n) is 21.8. The first-order valence-corrected chi connectivity index (χ1v) is 13.7. The summed E-state index contributed by atoms with van der Waals surface area (Å²) < 4.78 is 44.1. The lowest BCUT2D eigenvalue weighted by Crippen LogP contribution is -2.44. The lowest BCUT2D eigenvalue weighted by molar-refractivity contribution is -0.146. The molecule has 1 unspecified atom stereocenters. The van der Waals surface area contributed by atoms with E-state index >= 15 is 0 Å². The van der Waals surface area contributed by atoms with Gasteiger partial charge < -0.3 is 9.88 Å². The summed E-state index contributed by atoms with van der Waals surface area (Å²) in [6.07, 6.45) is 4.90. The molecule has 3 atom stereocenters. The van der Waals surface area contributed by atoms with Gasteiger partial charge in [-0.1, -0.05) is 37.5 Å². The fraction of sp³-hybridized carbons (Fsp3) is 0.571. The van der Waals surface area contributed by atoms with Gasteiger partial charge in [-0.05, 0) is 50.2 Å². The van der Waals surface area contributed by atoms with Crippen molar-refractivity contribution < 1.29 is 13.2 Å². The maximum atomic E-state index is 14.0. The molecule has 3 aliphatic rings. The van der Waals surface area contributed by atoms with Crippen LogP contribution in [0.5, 0.6) is 0 Å². The number of aliphatic imine (C=N–C) groups is 1. The molecule has 2 aromatic heterocycles. The number of nitrogens with zero attached hydrogens (tertiary/aromatic N) is 5. The first kappa shape index (κ1) is 25.3. The molecule has 1 aromatic carbocycles. The second-order valence-corrected chi connectivity index (χ2v) is 11.2. The van der Waals surface area contributed by atoms with E-state index in [1.165, 1.54) is 6.42 Å². The molecule has 6 rings (SSSR count). The van der Waals surface area contributed by atoms with Crippen molar-refractivity contribution in [2.24, 2.45) is 18.0 Å². The van der Waals surface area contributed by atoms with Gasteiger partial charge in [0, 0.05) is 42.6 Å². The van der Waals surface area contributed by atoms with Gasteiger partial charge in [-0.3, -0.25) is 10.1 Å². The Labute approximate surface area is 220 Å². The number of halogens is 3. The Hall–Kier alpha value is -3.01. The third-order valence-electron chi connectivity index (χ3n) is 8.61. The molecule has 2 saturated carbocycles. The van der Waals surface area contributed by atoms with Crippen molar-refractivity contribution in [1.29, 1.82) is 0 Å². The molecular weight excluding hydrogens is 491 g/mol. The van der Waals surface area contributed by atoms with Crippen LogP contribution in [0.3, 0.4) is 0 Å². The molecule has 202 valence electrons. The van der Waals surface area contributed by atoms with Gasteiger partial charge >= 0.3 is 6.18 Å². The van der Waals surface area contributed by atoms with E-state index < -0.39 is 12.2 Å². The van der Waals surface area contributed by atoms with Crippen molar-refractivity contribution in [3.8, 4) is 11.3 Å². The van der Waals surface area contributed by atoms with Crippen LogP contribution in [0.25, 0.3) is 11.3 Å². The van der Waals surface area contributed by atoms with Crippen LogP contribution >= 0.6 is 0 Å². The number of benzene rings is 1. The molecule has 0 radical (unpaired) electrons. The van der Waals surface area contributed by atoms with Crippen LogP contribution in [0.15, 0.2) is 35.6 Å². The number of nitrogens with one attached hydrogen (secondary N) is 2. The number of H-pyrrole nitrogens is 1. The van der Waals surface area contributed by atoms with E-state index in [0.29, 0.717) is 34.6 Å². The summed E-state index contributed by atoms with van der Waals surface area (Å²) in [7, 11) is 1.95. The summed E-state index contributed by atoms with van der Waals surface area (Å²) in [5.74, 6) is 1.47. The fourth-order valence-electron chi connectivity index (χ4n) is 6.39. The summed E-state index contributed by atoms with van der Waals surface area (Å²) >= 11 is 0. The van der Waals surface area contributed by atoms with Crippen molar-refractivity contribution in [3.05, 3.63) is 53.2 Å². The summed E-state index contributed by atoms with van der Waals surface area (Å²) in [4.78, 5) is 4.21. The maximum Gasteiger partial charge on any atom is 0.411 e. The van der Waals surface area contributed by atoms with E-state index in [1.54, 1.807) is 6.33 Å². The Bertz CT molecular complexity index is 1310. The van der Waals surface area contributed by atoms with Gasteiger partial charge in [0.2, 0.25) is 0 Å². The van der Waals surface area contributed by atoms with Crippen molar-refractivity contribution >= 4 is 5.71 Å². The summed E-state index contributed by atoms with van der Waals surface area (Å²) in [6, 6.07) is 6.28. The molecule has 0 amide bonds. The molecule has 3 aromatic rings. The van der Waals surface area contributed by atoms with Crippen molar-refractivity contribution in [1.82, 2.24) is 30.3 Å². The van der Waals surface area contributed by atoms with Crippen LogP contribution in [0.2, 0.25) is 0 Å². The van der Waals surface area contributed by atoms with Crippen LogP contribution < -0.4 is 5.32 Å². The van der Waals surface area contributed by atoms with Gasteiger partial charge in [0.1, 0.15) is 18.2 Å². The summed E-state index contributed by atoms with van der Waals surface area (Å²) in [5, 5.41) is 19.7. The Kier molecular flexibility index (Phi) is 6.62. The monoisotopic (exact) mass is 525 g/mol. The Morgan fingerprint density at radius 1 is 1.11 bits per heavy atom. The lowest BCUT2D eigenvalue weighted by Gasteiger charge is -2.33. The molecular formula is C28H34F3N7. The highest BCUT2D eigenvalue weighted by Crippen LogP contribution is 2.44. The molecule has 2 aliphatic carbocycles. The summed E-state index contributed by atoms with van der Waals surface area (Å²) in [5.41, 5.74) is 4.10. The van der Waals surface area contributed by atoms with Gasteiger partial charge in [0.05, 0.1) is 17.1 Å². The molecule has 10 heteroatoms. The minimum atomic E-state index is -4.42. The fourth-order valence-corrected chi connectivity index (χ4v) is 6.39. The minimum Gasteiger partial charge on any atom is -0.320 e. The molecule has 3 heterocycles. The van der Waals surface area contributed by atoms with Gasteiger partial charge in [-0.25, -0.2) is 0 Å². The number of alkyl halides is 3. The van der Waals surface area contributed by atoms with E-state index in [4.69, 9.17) is 0 Å². The third-order valence-corrected chi connectivity index (χ3v) is 8.61. The Morgan fingerprint density at radius 2 is 1.89 bits per heavy atom. The highest BCUT2D eigenvalue weighted by atomic mass is 19.4. The predicted octanol–water partition coefficient (Wildman–Crippen LogP) is 5.33. The number of fused-ring (bicyclic) bond motifs is 1. The molecule has 38 heavy (non-hydrogen) atoms. The van der Waals surface area contributed by atoms with E-state index in [-0.39, 0.29) is 18.4 Å². The molecule has 0 spiro atoms. The van der Waals surface area contributed by atoms with Crippen molar-refractivity contribution in [2.45, 2.75) is 88.5 Å². The predicted molar refractivity (Wildman–Crippen MR) is 139 cm³/mol. The molecule has 2 N–H and O–H groups in total. The Balaban J connectivity index is 1.37. The van der Waals surface area contributed by atoms with Crippen molar-refractivity contribution in [3.63, 3.8) is 0 Å². The van der Waals surface area contributed by atoms with Gasteiger partial charge in [0.25, 0.3) is 0 Å². The van der Waals surface area contributed by atoms with E-state index in [9.17, 15) is 13.2 Å². The molecule has 7 nitrogen and oxygen atoms in total. The number of aromatic nitrogens is 5. The van der Waals surface area contributed by atoms with Crippen LogP contribution in [0.4, 0.5) is 13.2 Å². The summed E-state index contributed by atoms with van der Waals surface area (Å²) in [6.45, 7) is 1.91. The van der Waals surface area contributed by atoms with Crippen LogP contribution in [0, 0.1) is 5.92 Å². The second kappa shape index (κ2) is 9.94. The number of hydrogen-bond acceptors (Lipinski definition) is 5. The quantitative estimate of drug-likeness (QED) is 0.437. The van der Waals surface area contributed by atoms with Crippen LogP contribution in [-0.2, 0) is 13.5 Å². The van der Waals surface area contributed by atoms with Gasteiger partial charge in [-0.2, -0.15) is 18.3 Å². The highest BCUT2D eigenvalue weighted by Gasteiger charge is 2.44. The Morgan fingerprint density at radius 3 is 2.55 bits per heavy atom. The average Bonchev–Trinajstić information content (AvgIpc) is 3.61. The van der Waals surface area contributed by atoms with E-state index in [0.717, 1.165) is 55.5 Å². The molecule has 0 bridgehead atoms. The first-order chi connectivity index (χ1) is 18.3. The van der Waals surface area contributed by atoms with Crippen LogP contribution in [0.1, 0.15) is 80.4 Å². The minimum absolute atomic E-state index is 0.0849. The standard InChI is InChI=1S/C28H34F3N7/c1-16(33-20-11-3-4-12-20)24-26-21(14-22(34-24)28(29,30)31)25(35-36-26)19-10-6-9-18(13-19)23(17-7-5-8-17)27-37-32-15-38(27)2/h6,9-10,13,15-17,20,22-23,33H,3-5,7-8,11-12,14H2,1-2H3,(H,35,36)/t16-,22?,23-/m1/s1. The topological polar surface area (TPSA) is 83.8 Å². The maximum absolute atomic E-state index is 14.0. The van der Waals surface area contributed by atoms with E-state index in [1.807, 2.05) is 30.7 Å². The highest BCUT2D eigenvalue weighted by molar-refractivity contribution is 6.05. The van der Waals surface area contributed by atoms with E-state index in [2.05, 4.69) is 42.8 Å². The molecule has 0 saturated heterocycles. The normalized spacial score (nSPS) is 22.1. The van der Waals surface area contributed by atoms with Crippen molar-refractivity contribution in [2.75, 3.05) is 0 Å². The first-order valence-electron chi connectivity index (χ1n) is 13.7. The van der Waals surface area contributed by atoms with Crippen LogP contribution in [-0.4, -0.2) is 55.0 Å². The zero-order valence-corrected chi connectivity index (χ0v) is 21.8. The second-order valence-electron chi connectivity index (χ2n) is 11.2. The number of rotatable bonds is 7. The lowest BCUT2D eigenvalue weighted by atomic mass is 9.72. The zero-order chi connectivity index (χ0) is 26.4. The number of aromatic amines is 1. The van der Waals surface area contributed by atoms with Gasteiger partial charge in [0.15, 0.2) is 0 Å². The smallest absolute Gasteiger partial charge is 0.320 e. The van der Waals surface area contributed by atoms with Gasteiger partial charge in [-0.15, -0.1) is 10.2 Å². The third kappa shape index (κ3) is 4.67.